The molecular formula is C28H43NO11. The zero-order valence-electron chi connectivity index (χ0n) is 24.8. The number of hydrogen-bond donors (Lipinski definition) is 2. The average molecular weight is 570 g/mol. The van der Waals surface area contributed by atoms with Crippen LogP contribution in [0.25, 0.3) is 0 Å². The van der Waals surface area contributed by atoms with Gasteiger partial charge in [-0.2, -0.15) is 0 Å². The lowest BCUT2D eigenvalue weighted by Gasteiger charge is -2.32. The number of aliphatic carboxylic acids is 1. The highest BCUT2D eigenvalue weighted by atomic mass is 16.8. The Kier molecular flexibility index (Phi) is 13.7. The first-order valence-electron chi connectivity index (χ1n) is 13.4. The third-order valence-electron chi connectivity index (χ3n) is 6.25. The largest absolute Gasteiger partial charge is 0.514 e. The van der Waals surface area contributed by atoms with E-state index < -0.39 is 48.8 Å². The molecule has 0 fully saturated rings. The molecule has 0 spiro atoms. The van der Waals surface area contributed by atoms with Crippen LogP contribution in [0.2, 0.25) is 0 Å². The van der Waals surface area contributed by atoms with E-state index in [0.29, 0.717) is 6.42 Å². The standard InChI is InChI=1S/C28H43NO11/c1-10-18(7)29-28(24(30)31,40-25(32)35-11-2)15-21-12-13-22(38-26(33)36-19(8)16(3)4)23(14-21)39-27(34)37-20(9)17(5)6/h12-14,16-20,29H,10-11,15H2,1-9H3,(H,30,31)/t18?,19?,20?,28-/m0/s1. The highest BCUT2D eigenvalue weighted by Gasteiger charge is 2.44. The summed E-state index contributed by atoms with van der Waals surface area (Å²) in [6, 6.07) is 3.67. The van der Waals surface area contributed by atoms with E-state index in [0.717, 1.165) is 0 Å². The molecule has 0 bridgehead atoms. The molecule has 40 heavy (non-hydrogen) atoms. The third-order valence-corrected chi connectivity index (χ3v) is 6.25. The fourth-order valence-electron chi connectivity index (χ4n) is 3.00. The Morgan fingerprint density at radius 1 is 0.825 bits per heavy atom. The van der Waals surface area contributed by atoms with Gasteiger partial charge >= 0.3 is 24.4 Å². The summed E-state index contributed by atoms with van der Waals surface area (Å²) in [7, 11) is 0. The molecule has 1 rings (SSSR count). The number of ether oxygens (including phenoxy) is 6. The van der Waals surface area contributed by atoms with Gasteiger partial charge in [0, 0.05) is 12.5 Å². The summed E-state index contributed by atoms with van der Waals surface area (Å²) in [4.78, 5) is 49.6. The Balaban J connectivity index is 3.46. The van der Waals surface area contributed by atoms with Gasteiger partial charge in [0.2, 0.25) is 0 Å². The van der Waals surface area contributed by atoms with Crippen LogP contribution in [0.15, 0.2) is 18.2 Å². The van der Waals surface area contributed by atoms with E-state index in [4.69, 9.17) is 28.4 Å². The van der Waals surface area contributed by atoms with E-state index in [-0.39, 0.29) is 41.5 Å². The molecule has 0 heterocycles. The molecule has 12 heteroatoms. The van der Waals surface area contributed by atoms with E-state index in [1.54, 1.807) is 27.7 Å². The van der Waals surface area contributed by atoms with Crippen molar-refractivity contribution in [2.75, 3.05) is 6.61 Å². The predicted octanol–water partition coefficient (Wildman–Crippen LogP) is 5.69. The SMILES string of the molecule is CCOC(=O)O[C@](Cc1ccc(OC(=O)OC(C)C(C)C)c(OC(=O)OC(C)C(C)C)c1)(NC(C)CC)C(=O)O. The monoisotopic (exact) mass is 569 g/mol. The fourth-order valence-corrected chi connectivity index (χ4v) is 3.00. The van der Waals surface area contributed by atoms with Gasteiger partial charge in [-0.15, -0.1) is 0 Å². The molecule has 226 valence electrons. The molecule has 0 radical (unpaired) electrons. The van der Waals surface area contributed by atoms with Crippen LogP contribution in [0, 0.1) is 11.8 Å². The van der Waals surface area contributed by atoms with Crippen LogP contribution in [-0.4, -0.2) is 60.1 Å². The molecule has 4 atom stereocenters. The van der Waals surface area contributed by atoms with Gasteiger partial charge in [0.1, 0.15) is 12.2 Å². The zero-order valence-corrected chi connectivity index (χ0v) is 24.8. The van der Waals surface area contributed by atoms with Crippen LogP contribution in [0.1, 0.15) is 74.3 Å². The van der Waals surface area contributed by atoms with Crippen molar-refractivity contribution in [3.05, 3.63) is 23.8 Å². The van der Waals surface area contributed by atoms with Gasteiger partial charge in [0.05, 0.1) is 6.61 Å². The van der Waals surface area contributed by atoms with Crippen LogP contribution >= 0.6 is 0 Å². The van der Waals surface area contributed by atoms with Gasteiger partial charge in [0.25, 0.3) is 5.72 Å². The van der Waals surface area contributed by atoms with Crippen molar-refractivity contribution >= 4 is 24.4 Å². The van der Waals surface area contributed by atoms with Crippen molar-refractivity contribution in [3.8, 4) is 11.5 Å². The lowest BCUT2D eigenvalue weighted by Crippen LogP contribution is -2.59. The van der Waals surface area contributed by atoms with E-state index in [9.17, 15) is 24.3 Å². The molecule has 2 N–H and O–H groups in total. The number of carboxylic acids is 1. The average Bonchev–Trinajstić information content (AvgIpc) is 2.85. The van der Waals surface area contributed by atoms with Gasteiger partial charge in [-0.1, -0.05) is 40.7 Å². The summed E-state index contributed by atoms with van der Waals surface area (Å²) in [5.74, 6) is -1.84. The minimum Gasteiger partial charge on any atom is -0.477 e. The summed E-state index contributed by atoms with van der Waals surface area (Å²) in [5.41, 5.74) is -1.96. The van der Waals surface area contributed by atoms with Gasteiger partial charge in [0.15, 0.2) is 11.5 Å². The number of carbonyl (C=O) groups excluding carboxylic acids is 3. The van der Waals surface area contributed by atoms with Gasteiger partial charge in [-0.05, 0) is 63.6 Å². The first kappa shape index (κ1) is 34.5. The van der Waals surface area contributed by atoms with Gasteiger partial charge in [-0.3, -0.25) is 5.32 Å². The minimum absolute atomic E-state index is 0.00458. The predicted molar refractivity (Wildman–Crippen MR) is 144 cm³/mol. The van der Waals surface area contributed by atoms with Gasteiger partial charge in [-0.25, -0.2) is 19.2 Å². The van der Waals surface area contributed by atoms with E-state index in [2.05, 4.69) is 5.32 Å². The second-order valence-corrected chi connectivity index (χ2v) is 10.2. The highest BCUT2D eigenvalue weighted by Crippen LogP contribution is 2.32. The Morgan fingerprint density at radius 2 is 1.35 bits per heavy atom. The Bertz CT molecular complexity index is 1010. The molecule has 1 aromatic rings. The molecule has 0 aliphatic heterocycles. The fraction of sp³-hybridized carbons (Fsp3) is 0.643. The number of benzene rings is 1. The molecule has 0 aromatic heterocycles. The number of carbonyl (C=O) groups is 4. The Labute approximate surface area is 235 Å². The summed E-state index contributed by atoms with van der Waals surface area (Å²) >= 11 is 0. The smallest absolute Gasteiger partial charge is 0.477 e. The molecular weight excluding hydrogens is 526 g/mol. The Hall–Kier alpha value is -3.54. The first-order valence-corrected chi connectivity index (χ1v) is 13.4. The van der Waals surface area contributed by atoms with Crippen LogP contribution in [0.3, 0.4) is 0 Å². The normalized spacial score (nSPS) is 14.9. The maximum Gasteiger partial charge on any atom is 0.514 e. The van der Waals surface area contributed by atoms with Crippen molar-refractivity contribution < 1.29 is 52.7 Å². The third kappa shape index (κ3) is 10.9. The van der Waals surface area contributed by atoms with E-state index in [1.165, 1.54) is 18.2 Å². The maximum atomic E-state index is 12.5. The highest BCUT2D eigenvalue weighted by molar-refractivity contribution is 5.80. The minimum atomic E-state index is -2.22. The summed E-state index contributed by atoms with van der Waals surface area (Å²) in [6.45, 7) is 15.9. The van der Waals surface area contributed by atoms with Crippen LogP contribution in [0.4, 0.5) is 14.4 Å². The lowest BCUT2D eigenvalue weighted by atomic mass is 10.00. The quantitative estimate of drug-likeness (QED) is 0.122. The number of hydrogen-bond acceptors (Lipinski definition) is 11. The molecule has 0 saturated carbocycles. The summed E-state index contributed by atoms with van der Waals surface area (Å²) in [5, 5.41) is 13.0. The first-order chi connectivity index (χ1) is 18.6. The summed E-state index contributed by atoms with van der Waals surface area (Å²) in [6.07, 6.45) is -4.05. The van der Waals surface area contributed by atoms with Crippen molar-refractivity contribution in [3.63, 3.8) is 0 Å². The molecule has 1 aromatic carbocycles. The molecule has 0 amide bonds. The van der Waals surface area contributed by atoms with Crippen molar-refractivity contribution in [1.29, 1.82) is 0 Å². The molecule has 12 nitrogen and oxygen atoms in total. The van der Waals surface area contributed by atoms with Crippen LogP contribution in [0.5, 0.6) is 11.5 Å². The number of nitrogens with one attached hydrogen (secondary N) is 1. The Morgan fingerprint density at radius 3 is 1.80 bits per heavy atom. The van der Waals surface area contributed by atoms with Crippen molar-refractivity contribution in [1.82, 2.24) is 5.32 Å². The molecule has 3 unspecified atom stereocenters. The topological polar surface area (TPSA) is 156 Å². The van der Waals surface area contributed by atoms with Gasteiger partial charge < -0.3 is 33.5 Å². The molecule has 0 aliphatic rings. The lowest BCUT2D eigenvalue weighted by molar-refractivity contribution is -0.166. The summed E-state index contributed by atoms with van der Waals surface area (Å²) < 4.78 is 31.3. The molecule has 0 saturated heterocycles. The van der Waals surface area contributed by atoms with E-state index >= 15 is 0 Å². The second-order valence-electron chi connectivity index (χ2n) is 10.2. The maximum absolute atomic E-state index is 12.5. The van der Waals surface area contributed by atoms with E-state index in [1.807, 2.05) is 34.6 Å². The van der Waals surface area contributed by atoms with Crippen LogP contribution < -0.4 is 14.8 Å². The second kappa shape index (κ2) is 15.9. The van der Waals surface area contributed by atoms with Crippen molar-refractivity contribution in [2.45, 2.75) is 99.1 Å². The molecule has 0 aliphatic carbocycles. The zero-order chi connectivity index (χ0) is 30.6. The number of carboxylic acid groups (broad SMARTS) is 1. The number of rotatable bonds is 14. The van der Waals surface area contributed by atoms with Crippen molar-refractivity contribution in [2.24, 2.45) is 11.8 Å². The van der Waals surface area contributed by atoms with Crippen LogP contribution in [-0.2, 0) is 30.2 Å².